The van der Waals surface area contributed by atoms with Crippen molar-refractivity contribution < 1.29 is 9.59 Å². The first kappa shape index (κ1) is 18.2. The summed E-state index contributed by atoms with van der Waals surface area (Å²) in [5.41, 5.74) is 2.46. The van der Waals surface area contributed by atoms with Gasteiger partial charge in [-0.1, -0.05) is 43.3 Å². The van der Waals surface area contributed by atoms with Crippen molar-refractivity contribution in [2.75, 3.05) is 18.4 Å². The Kier molecular flexibility index (Phi) is 6.05. The van der Waals surface area contributed by atoms with Crippen LogP contribution in [0.25, 0.3) is 0 Å². The molecule has 0 unspecified atom stereocenters. The quantitative estimate of drug-likeness (QED) is 0.881. The number of benzene rings is 2. The number of carbonyl (C=O) groups is 2. The zero-order valence-corrected chi connectivity index (χ0v) is 15.3. The van der Waals surface area contributed by atoms with E-state index in [-0.39, 0.29) is 11.8 Å². The molecule has 2 aromatic carbocycles. The molecule has 0 bridgehead atoms. The zero-order valence-electron chi connectivity index (χ0n) is 15.3. The number of anilines is 1. The largest absolute Gasteiger partial charge is 0.339 e. The minimum atomic E-state index is -0.0368. The smallest absolute Gasteiger partial charge is 0.253 e. The monoisotopic (exact) mass is 350 g/mol. The van der Waals surface area contributed by atoms with Gasteiger partial charge in [0, 0.05) is 30.8 Å². The van der Waals surface area contributed by atoms with E-state index in [9.17, 15) is 9.59 Å². The molecule has 0 aromatic heterocycles. The number of piperidine rings is 1. The predicted molar refractivity (Wildman–Crippen MR) is 104 cm³/mol. The normalized spacial score (nSPS) is 14.9. The summed E-state index contributed by atoms with van der Waals surface area (Å²) in [6.45, 7) is 3.86. The third-order valence-electron chi connectivity index (χ3n) is 4.95. The maximum atomic E-state index is 12.7. The maximum Gasteiger partial charge on any atom is 0.253 e. The lowest BCUT2D eigenvalue weighted by atomic mass is 9.98. The van der Waals surface area contributed by atoms with Crippen LogP contribution in [-0.4, -0.2) is 29.8 Å². The molecule has 1 fully saturated rings. The van der Waals surface area contributed by atoms with Gasteiger partial charge in [0.1, 0.15) is 0 Å². The van der Waals surface area contributed by atoms with Crippen LogP contribution in [0.3, 0.4) is 0 Å². The summed E-state index contributed by atoms with van der Waals surface area (Å²) in [5, 5.41) is 2.91. The van der Waals surface area contributed by atoms with Crippen LogP contribution in [0, 0.1) is 5.92 Å². The van der Waals surface area contributed by atoms with Crippen LogP contribution in [0.4, 0.5) is 5.69 Å². The second-order valence-corrected chi connectivity index (χ2v) is 7.09. The van der Waals surface area contributed by atoms with Crippen LogP contribution in [0.5, 0.6) is 0 Å². The number of carbonyl (C=O) groups excluding carboxylic acids is 2. The van der Waals surface area contributed by atoms with E-state index in [0.29, 0.717) is 30.0 Å². The average molecular weight is 350 g/mol. The van der Waals surface area contributed by atoms with E-state index in [2.05, 4.69) is 12.2 Å². The highest BCUT2D eigenvalue weighted by Gasteiger charge is 2.21. The van der Waals surface area contributed by atoms with Gasteiger partial charge in [0.2, 0.25) is 5.91 Å². The maximum absolute atomic E-state index is 12.7. The molecule has 0 spiro atoms. The first-order valence-electron chi connectivity index (χ1n) is 9.35. The molecule has 1 heterocycles. The number of nitrogens with one attached hydrogen (secondary N) is 1. The Morgan fingerprint density at radius 2 is 1.77 bits per heavy atom. The van der Waals surface area contributed by atoms with E-state index in [0.717, 1.165) is 31.5 Å². The molecule has 0 aliphatic carbocycles. The van der Waals surface area contributed by atoms with Gasteiger partial charge >= 0.3 is 0 Å². The molecule has 2 amide bonds. The molecule has 1 aliphatic rings. The number of rotatable bonds is 5. The molecule has 0 saturated carbocycles. The summed E-state index contributed by atoms with van der Waals surface area (Å²) >= 11 is 0. The number of hydrogen-bond donors (Lipinski definition) is 1. The Morgan fingerprint density at radius 3 is 2.50 bits per heavy atom. The molecule has 136 valence electrons. The molecular weight excluding hydrogens is 324 g/mol. The van der Waals surface area contributed by atoms with E-state index in [1.54, 1.807) is 6.07 Å². The van der Waals surface area contributed by atoms with Crippen molar-refractivity contribution in [1.82, 2.24) is 4.90 Å². The van der Waals surface area contributed by atoms with E-state index in [1.165, 1.54) is 0 Å². The second kappa shape index (κ2) is 8.65. The molecule has 1 aliphatic heterocycles. The molecule has 4 heteroatoms. The Morgan fingerprint density at radius 1 is 1.04 bits per heavy atom. The highest BCUT2D eigenvalue weighted by molar-refractivity contribution is 5.97. The number of nitrogens with zero attached hydrogens (tertiary/aromatic N) is 1. The molecular formula is C22H26N2O2. The zero-order chi connectivity index (χ0) is 18.4. The average Bonchev–Trinajstić information content (AvgIpc) is 2.67. The van der Waals surface area contributed by atoms with Crippen LogP contribution < -0.4 is 5.32 Å². The number of aryl methyl sites for hydroxylation is 1. The summed E-state index contributed by atoms with van der Waals surface area (Å²) in [6.07, 6.45) is 3.24. The standard InChI is InChI=1S/C22H26N2O2/c1-17-12-14-24(15-13-17)22(26)19-8-5-9-20(16-19)23-21(25)11-10-18-6-3-2-4-7-18/h2-9,16-17H,10-15H2,1H3,(H,23,25). The highest BCUT2D eigenvalue weighted by atomic mass is 16.2. The fourth-order valence-corrected chi connectivity index (χ4v) is 3.25. The third kappa shape index (κ3) is 4.94. The molecule has 3 rings (SSSR count). The third-order valence-corrected chi connectivity index (χ3v) is 4.95. The van der Waals surface area contributed by atoms with Crippen LogP contribution in [0.1, 0.15) is 42.1 Å². The van der Waals surface area contributed by atoms with E-state index >= 15 is 0 Å². The topological polar surface area (TPSA) is 49.4 Å². The van der Waals surface area contributed by atoms with Gasteiger partial charge in [-0.15, -0.1) is 0 Å². The van der Waals surface area contributed by atoms with E-state index < -0.39 is 0 Å². The molecule has 1 N–H and O–H groups in total. The van der Waals surface area contributed by atoms with Gasteiger partial charge in [-0.3, -0.25) is 9.59 Å². The molecule has 4 nitrogen and oxygen atoms in total. The summed E-state index contributed by atoms with van der Waals surface area (Å²) in [7, 11) is 0. The van der Waals surface area contributed by atoms with E-state index in [4.69, 9.17) is 0 Å². The summed E-state index contributed by atoms with van der Waals surface area (Å²) in [6, 6.07) is 17.2. The van der Waals surface area contributed by atoms with Gasteiger partial charge in [-0.05, 0) is 48.9 Å². The number of amides is 2. The Bertz CT molecular complexity index is 750. The van der Waals surface area contributed by atoms with E-state index in [1.807, 2.05) is 53.4 Å². The molecule has 0 atom stereocenters. The van der Waals surface area contributed by atoms with Crippen molar-refractivity contribution in [2.45, 2.75) is 32.6 Å². The van der Waals surface area contributed by atoms with Gasteiger partial charge in [-0.25, -0.2) is 0 Å². The number of hydrogen-bond acceptors (Lipinski definition) is 2. The SMILES string of the molecule is CC1CCN(C(=O)c2cccc(NC(=O)CCc3ccccc3)c2)CC1. The summed E-state index contributed by atoms with van der Waals surface area (Å²) in [5.74, 6) is 0.705. The van der Waals surface area contributed by atoms with Crippen molar-refractivity contribution in [3.8, 4) is 0 Å². The number of likely N-dealkylation sites (tertiary alicyclic amines) is 1. The van der Waals surface area contributed by atoms with Crippen LogP contribution in [-0.2, 0) is 11.2 Å². The van der Waals surface area contributed by atoms with Crippen LogP contribution >= 0.6 is 0 Å². The van der Waals surface area contributed by atoms with Gasteiger partial charge in [0.05, 0.1) is 0 Å². The van der Waals surface area contributed by atoms with Crippen molar-refractivity contribution in [2.24, 2.45) is 5.92 Å². The fraction of sp³-hybridized carbons (Fsp3) is 0.364. The Balaban J connectivity index is 1.56. The van der Waals surface area contributed by atoms with Crippen LogP contribution in [0.15, 0.2) is 54.6 Å². The van der Waals surface area contributed by atoms with Crippen molar-refractivity contribution >= 4 is 17.5 Å². The van der Waals surface area contributed by atoms with Crippen molar-refractivity contribution in [1.29, 1.82) is 0 Å². The molecule has 0 radical (unpaired) electrons. The predicted octanol–water partition coefficient (Wildman–Crippen LogP) is 4.13. The van der Waals surface area contributed by atoms with Gasteiger partial charge in [0.25, 0.3) is 5.91 Å². The Labute approximate surface area is 155 Å². The van der Waals surface area contributed by atoms with Crippen molar-refractivity contribution in [3.63, 3.8) is 0 Å². The van der Waals surface area contributed by atoms with Gasteiger partial charge < -0.3 is 10.2 Å². The van der Waals surface area contributed by atoms with Gasteiger partial charge in [0.15, 0.2) is 0 Å². The lowest BCUT2D eigenvalue weighted by Crippen LogP contribution is -2.37. The summed E-state index contributed by atoms with van der Waals surface area (Å²) in [4.78, 5) is 26.8. The molecule has 2 aromatic rings. The molecule has 1 saturated heterocycles. The second-order valence-electron chi connectivity index (χ2n) is 7.09. The lowest BCUT2D eigenvalue weighted by Gasteiger charge is -2.30. The highest BCUT2D eigenvalue weighted by Crippen LogP contribution is 2.19. The van der Waals surface area contributed by atoms with Crippen molar-refractivity contribution in [3.05, 3.63) is 65.7 Å². The summed E-state index contributed by atoms with van der Waals surface area (Å²) < 4.78 is 0. The first-order chi connectivity index (χ1) is 12.6. The minimum absolute atomic E-state index is 0.0368. The van der Waals surface area contributed by atoms with Gasteiger partial charge in [-0.2, -0.15) is 0 Å². The van der Waals surface area contributed by atoms with Crippen LogP contribution in [0.2, 0.25) is 0 Å². The Hall–Kier alpha value is -2.62. The fourth-order valence-electron chi connectivity index (χ4n) is 3.25. The minimum Gasteiger partial charge on any atom is -0.339 e. The molecule has 26 heavy (non-hydrogen) atoms. The first-order valence-corrected chi connectivity index (χ1v) is 9.35. The lowest BCUT2D eigenvalue weighted by molar-refractivity contribution is -0.116.